The van der Waals surface area contributed by atoms with Gasteiger partial charge in [-0.2, -0.15) is 0 Å². The molecule has 0 unspecified atom stereocenters. The van der Waals surface area contributed by atoms with Crippen molar-refractivity contribution in [1.82, 2.24) is 9.88 Å². The fraction of sp³-hybridized carbons (Fsp3) is 0.357. The lowest BCUT2D eigenvalue weighted by molar-refractivity contribution is -0.134. The largest absolute Gasteiger partial charge is 0.478 e. The molecule has 2 heterocycles. The Morgan fingerprint density at radius 2 is 1.75 bits per heavy atom. The quantitative estimate of drug-likeness (QED) is 0.809. The molecular weight excluding hydrogens is 260 g/mol. The summed E-state index contributed by atoms with van der Waals surface area (Å²) in [4.78, 5) is 25.9. The van der Waals surface area contributed by atoms with Crippen molar-refractivity contribution in [3.05, 3.63) is 42.2 Å². The Morgan fingerprint density at radius 1 is 1.15 bits per heavy atom. The van der Waals surface area contributed by atoms with Crippen molar-refractivity contribution in [1.29, 1.82) is 0 Å². The molecule has 1 fully saturated rings. The summed E-state index contributed by atoms with van der Waals surface area (Å²) in [5.41, 5.74) is 1.19. The number of carbonyl (C=O) groups is 2. The van der Waals surface area contributed by atoms with Crippen LogP contribution in [0.2, 0.25) is 0 Å². The molecule has 2 N–H and O–H groups in total. The van der Waals surface area contributed by atoms with Crippen molar-refractivity contribution in [2.45, 2.75) is 19.4 Å². The number of pyridine rings is 1. The van der Waals surface area contributed by atoms with Crippen LogP contribution >= 0.6 is 0 Å². The van der Waals surface area contributed by atoms with Gasteiger partial charge in [-0.1, -0.05) is 6.07 Å². The lowest BCUT2D eigenvalue weighted by Crippen LogP contribution is -2.18. The first kappa shape index (κ1) is 15.8. The van der Waals surface area contributed by atoms with Crippen LogP contribution in [0.4, 0.5) is 0 Å². The maximum atomic E-state index is 9.55. The summed E-state index contributed by atoms with van der Waals surface area (Å²) >= 11 is 0. The molecule has 0 saturated carbocycles. The summed E-state index contributed by atoms with van der Waals surface area (Å²) in [6.07, 6.45) is 5.69. The topological polar surface area (TPSA) is 90.7 Å². The van der Waals surface area contributed by atoms with Gasteiger partial charge < -0.3 is 10.2 Å². The van der Waals surface area contributed by atoms with Crippen LogP contribution in [0.1, 0.15) is 18.5 Å². The van der Waals surface area contributed by atoms with E-state index in [0.29, 0.717) is 12.2 Å². The summed E-state index contributed by atoms with van der Waals surface area (Å²) in [6, 6.07) is 6.12. The third kappa shape index (κ3) is 7.27. The predicted molar refractivity (Wildman–Crippen MR) is 73.2 cm³/mol. The Hall–Kier alpha value is -2.21. The number of aromatic nitrogens is 1. The summed E-state index contributed by atoms with van der Waals surface area (Å²) in [6.45, 7) is 3.52. The summed E-state index contributed by atoms with van der Waals surface area (Å²) in [5, 5.41) is 15.6. The molecule has 1 aromatic heterocycles. The van der Waals surface area contributed by atoms with Crippen LogP contribution in [0.5, 0.6) is 0 Å². The van der Waals surface area contributed by atoms with Crippen molar-refractivity contribution in [2.75, 3.05) is 13.1 Å². The van der Waals surface area contributed by atoms with Gasteiger partial charge in [-0.15, -0.1) is 0 Å². The molecule has 2 rings (SSSR count). The molecule has 1 aliphatic heterocycles. The van der Waals surface area contributed by atoms with E-state index in [-0.39, 0.29) is 0 Å². The van der Waals surface area contributed by atoms with Gasteiger partial charge in [-0.25, -0.2) is 9.59 Å². The summed E-state index contributed by atoms with van der Waals surface area (Å²) < 4.78 is 0. The maximum Gasteiger partial charge on any atom is 0.328 e. The molecule has 20 heavy (non-hydrogen) atoms. The van der Waals surface area contributed by atoms with E-state index in [9.17, 15) is 9.59 Å². The third-order valence-electron chi connectivity index (χ3n) is 2.68. The van der Waals surface area contributed by atoms with Crippen molar-refractivity contribution < 1.29 is 19.8 Å². The molecule has 0 aromatic carbocycles. The standard InChI is InChI=1S/C10H14N2.C4H4O4/c1-2-6-11-10(5-1)9-12-7-3-4-8-12;5-3(6)1-2-4(7)8/h1-2,5-6H,3-4,7-9H2;1-2H,(H,5,6)(H,7,8). The van der Waals surface area contributed by atoms with Gasteiger partial charge in [0.05, 0.1) is 5.69 Å². The molecule has 6 heteroatoms. The van der Waals surface area contributed by atoms with Crippen molar-refractivity contribution in [2.24, 2.45) is 0 Å². The molecule has 108 valence electrons. The van der Waals surface area contributed by atoms with Crippen molar-refractivity contribution in [3.8, 4) is 0 Å². The van der Waals surface area contributed by atoms with E-state index in [1.54, 1.807) is 0 Å². The van der Waals surface area contributed by atoms with Crippen LogP contribution in [0, 0.1) is 0 Å². The second kappa shape index (κ2) is 8.82. The van der Waals surface area contributed by atoms with Crippen LogP contribution in [-0.2, 0) is 16.1 Å². The van der Waals surface area contributed by atoms with Crippen LogP contribution in [-0.4, -0.2) is 45.1 Å². The number of carboxylic acids is 2. The Balaban J connectivity index is 0.000000221. The smallest absolute Gasteiger partial charge is 0.328 e. The second-order valence-electron chi connectivity index (χ2n) is 4.31. The first-order valence-electron chi connectivity index (χ1n) is 6.34. The Bertz CT molecular complexity index is 438. The Morgan fingerprint density at radius 3 is 2.20 bits per heavy atom. The zero-order valence-corrected chi connectivity index (χ0v) is 11.1. The van der Waals surface area contributed by atoms with Gasteiger partial charge in [-0.3, -0.25) is 9.88 Å². The van der Waals surface area contributed by atoms with E-state index in [1.165, 1.54) is 31.6 Å². The average Bonchev–Trinajstić information content (AvgIpc) is 2.91. The number of hydrogen-bond acceptors (Lipinski definition) is 4. The molecule has 0 amide bonds. The van der Waals surface area contributed by atoms with Crippen LogP contribution < -0.4 is 0 Å². The van der Waals surface area contributed by atoms with E-state index in [0.717, 1.165) is 6.54 Å². The maximum absolute atomic E-state index is 9.55. The molecule has 0 atom stereocenters. The first-order chi connectivity index (χ1) is 9.58. The van der Waals surface area contributed by atoms with E-state index in [2.05, 4.69) is 22.0 Å². The Kier molecular flexibility index (Phi) is 6.99. The molecule has 1 aliphatic rings. The Labute approximate surface area is 117 Å². The van der Waals surface area contributed by atoms with Gasteiger partial charge in [0, 0.05) is 24.9 Å². The van der Waals surface area contributed by atoms with Crippen LogP contribution in [0.3, 0.4) is 0 Å². The minimum absolute atomic E-state index is 0.558. The van der Waals surface area contributed by atoms with Gasteiger partial charge >= 0.3 is 11.9 Å². The summed E-state index contributed by atoms with van der Waals surface area (Å²) in [5.74, 6) is -2.51. The highest BCUT2D eigenvalue weighted by Gasteiger charge is 2.11. The van der Waals surface area contributed by atoms with E-state index < -0.39 is 11.9 Å². The van der Waals surface area contributed by atoms with Crippen LogP contribution in [0.25, 0.3) is 0 Å². The van der Waals surface area contributed by atoms with Crippen molar-refractivity contribution in [3.63, 3.8) is 0 Å². The highest BCUT2D eigenvalue weighted by atomic mass is 16.4. The zero-order chi connectivity index (χ0) is 14.8. The van der Waals surface area contributed by atoms with Gasteiger partial charge in [0.15, 0.2) is 0 Å². The van der Waals surface area contributed by atoms with Crippen molar-refractivity contribution >= 4 is 11.9 Å². The second-order valence-corrected chi connectivity index (χ2v) is 4.31. The molecular formula is C14H18N2O4. The molecule has 0 aliphatic carbocycles. The monoisotopic (exact) mass is 278 g/mol. The molecule has 0 spiro atoms. The van der Waals surface area contributed by atoms with E-state index in [1.807, 2.05) is 12.3 Å². The lowest BCUT2D eigenvalue weighted by Gasteiger charge is -2.12. The van der Waals surface area contributed by atoms with Crippen LogP contribution in [0.15, 0.2) is 36.5 Å². The molecule has 1 saturated heterocycles. The SMILES string of the molecule is O=C(O)C=CC(=O)O.c1ccc(CN2CCCC2)nc1. The first-order valence-corrected chi connectivity index (χ1v) is 6.34. The van der Waals surface area contributed by atoms with E-state index >= 15 is 0 Å². The predicted octanol–water partition coefficient (Wildman–Crippen LogP) is 1.39. The number of hydrogen-bond donors (Lipinski definition) is 2. The fourth-order valence-corrected chi connectivity index (χ4v) is 1.80. The normalized spacial score (nSPS) is 14.8. The fourth-order valence-electron chi connectivity index (χ4n) is 1.80. The minimum atomic E-state index is -1.26. The zero-order valence-electron chi connectivity index (χ0n) is 11.1. The highest BCUT2D eigenvalue weighted by Crippen LogP contribution is 2.10. The number of nitrogens with zero attached hydrogens (tertiary/aromatic N) is 2. The number of rotatable bonds is 4. The highest BCUT2D eigenvalue weighted by molar-refractivity contribution is 5.89. The van der Waals surface area contributed by atoms with Gasteiger partial charge in [-0.05, 0) is 38.1 Å². The number of likely N-dealkylation sites (tertiary alicyclic amines) is 1. The number of carboxylic acid groups (broad SMARTS) is 2. The average molecular weight is 278 g/mol. The molecule has 0 bridgehead atoms. The lowest BCUT2D eigenvalue weighted by atomic mass is 10.3. The molecule has 1 aromatic rings. The molecule has 0 radical (unpaired) electrons. The van der Waals surface area contributed by atoms with E-state index in [4.69, 9.17) is 10.2 Å². The third-order valence-corrected chi connectivity index (χ3v) is 2.68. The molecule has 6 nitrogen and oxygen atoms in total. The van der Waals surface area contributed by atoms with Gasteiger partial charge in [0.25, 0.3) is 0 Å². The minimum Gasteiger partial charge on any atom is -0.478 e. The summed E-state index contributed by atoms with van der Waals surface area (Å²) in [7, 11) is 0. The number of aliphatic carboxylic acids is 2. The van der Waals surface area contributed by atoms with Gasteiger partial charge in [0.2, 0.25) is 0 Å². The van der Waals surface area contributed by atoms with Gasteiger partial charge in [0.1, 0.15) is 0 Å².